The van der Waals surface area contributed by atoms with E-state index in [0.717, 1.165) is 0 Å². The summed E-state index contributed by atoms with van der Waals surface area (Å²) in [5.74, 6) is -0.0545. The molecule has 0 saturated heterocycles. The minimum absolute atomic E-state index is 0.0191. The molecule has 7 heteroatoms. The predicted octanol–water partition coefficient (Wildman–Crippen LogP) is 4.54. The van der Waals surface area contributed by atoms with Crippen molar-refractivity contribution in [3.05, 3.63) is 29.3 Å². The number of ketones is 1. The number of carbonyl (C=O) groups excluding carboxylic acids is 1. The molecule has 1 aromatic carbocycles. The van der Waals surface area contributed by atoms with Gasteiger partial charge in [-0.1, -0.05) is 28.1 Å². The van der Waals surface area contributed by atoms with Crippen molar-refractivity contribution in [3.63, 3.8) is 0 Å². The topological polar surface area (TPSA) is 17.1 Å². The Morgan fingerprint density at radius 2 is 2.06 bits per heavy atom. The Kier molecular flexibility index (Phi) is 6.01. The molecule has 0 radical (unpaired) electrons. The predicted molar refractivity (Wildman–Crippen MR) is 70.4 cm³/mol. The second-order valence-electron chi connectivity index (χ2n) is 3.47. The van der Waals surface area contributed by atoms with Gasteiger partial charge in [-0.2, -0.15) is 13.2 Å². The first kappa shape index (κ1) is 15.9. The smallest absolute Gasteiger partial charge is 0.298 e. The van der Waals surface area contributed by atoms with E-state index in [9.17, 15) is 18.0 Å². The molecule has 1 nitrogen and oxygen atoms in total. The maximum absolute atomic E-state index is 12.3. The molecule has 100 valence electrons. The van der Waals surface area contributed by atoms with E-state index in [-0.39, 0.29) is 40.1 Å². The van der Waals surface area contributed by atoms with Crippen molar-refractivity contribution in [3.8, 4) is 0 Å². The first-order valence-electron chi connectivity index (χ1n) is 4.87. The maximum atomic E-state index is 12.3. The Hall–Kier alpha value is -0.200. The third-order valence-corrected chi connectivity index (χ3v) is 3.81. The summed E-state index contributed by atoms with van der Waals surface area (Å²) in [5.41, 5.74) is -3.28. The Balaban J connectivity index is 2.93. The lowest BCUT2D eigenvalue weighted by Crippen LogP contribution is -2.05. The second kappa shape index (κ2) is 6.82. The number of halogens is 5. The van der Waals surface area contributed by atoms with Crippen LogP contribution in [0.5, 0.6) is 0 Å². The van der Waals surface area contributed by atoms with Crippen molar-refractivity contribution < 1.29 is 18.0 Å². The summed E-state index contributed by atoms with van der Waals surface area (Å²) in [6.45, 7) is 0. The maximum Gasteiger partial charge on any atom is 0.446 e. The van der Waals surface area contributed by atoms with Gasteiger partial charge in [0.1, 0.15) is 5.78 Å². The minimum atomic E-state index is -4.34. The average molecular weight is 362 g/mol. The summed E-state index contributed by atoms with van der Waals surface area (Å²) in [7, 11) is 0. The molecule has 0 aliphatic heterocycles. The molecule has 1 aromatic rings. The van der Waals surface area contributed by atoms with Gasteiger partial charge in [0.2, 0.25) is 0 Å². The van der Waals surface area contributed by atoms with Crippen LogP contribution in [0.4, 0.5) is 13.2 Å². The molecule has 0 aliphatic carbocycles. The van der Waals surface area contributed by atoms with Gasteiger partial charge in [-0.3, -0.25) is 4.79 Å². The molecule has 1 rings (SSSR count). The van der Waals surface area contributed by atoms with Crippen LogP contribution in [0, 0.1) is 0 Å². The Morgan fingerprint density at radius 3 is 2.56 bits per heavy atom. The number of carbonyl (C=O) groups is 1. The van der Waals surface area contributed by atoms with Crippen molar-refractivity contribution in [1.82, 2.24) is 0 Å². The summed E-state index contributed by atoms with van der Waals surface area (Å²) >= 11 is 8.47. The molecule has 0 unspecified atom stereocenters. The summed E-state index contributed by atoms with van der Waals surface area (Å²) in [5, 5.41) is 0.224. The van der Waals surface area contributed by atoms with Gasteiger partial charge >= 0.3 is 5.51 Å². The fourth-order valence-electron chi connectivity index (χ4n) is 1.35. The number of hydrogen-bond acceptors (Lipinski definition) is 2. The van der Waals surface area contributed by atoms with E-state index in [2.05, 4.69) is 15.9 Å². The van der Waals surface area contributed by atoms with Crippen molar-refractivity contribution in [2.45, 2.75) is 22.7 Å². The van der Waals surface area contributed by atoms with Gasteiger partial charge < -0.3 is 0 Å². The van der Waals surface area contributed by atoms with E-state index >= 15 is 0 Å². The van der Waals surface area contributed by atoms with E-state index in [1.807, 2.05) is 0 Å². The molecule has 0 spiro atoms. The van der Waals surface area contributed by atoms with Gasteiger partial charge in [0.15, 0.2) is 0 Å². The molecule has 0 N–H and O–H groups in total. The van der Waals surface area contributed by atoms with Gasteiger partial charge in [-0.05, 0) is 29.0 Å². The number of hydrogen-bond donors (Lipinski definition) is 0. The summed E-state index contributed by atoms with van der Waals surface area (Å²) < 4.78 is 36.8. The molecule has 0 heterocycles. The molecule has 0 atom stereocenters. The fraction of sp³-hybridized carbons (Fsp3) is 0.364. The van der Waals surface area contributed by atoms with Crippen LogP contribution in [0.15, 0.2) is 23.1 Å². The molecule has 0 fully saturated rings. The molecule has 0 amide bonds. The molecule has 0 bridgehead atoms. The summed E-state index contributed by atoms with van der Waals surface area (Å²) in [6, 6.07) is 4.42. The lowest BCUT2D eigenvalue weighted by Gasteiger charge is -2.11. The summed E-state index contributed by atoms with van der Waals surface area (Å²) in [6.07, 6.45) is 0.187. The first-order chi connectivity index (χ1) is 8.35. The van der Waals surface area contributed by atoms with Crippen molar-refractivity contribution in [1.29, 1.82) is 0 Å². The number of rotatable bonds is 5. The Labute approximate surface area is 120 Å². The number of alkyl halides is 5. The standard InChI is InChI=1S/C11H9BrClF3OS/c12-5-9(17)4-7-1-2-10(8(3-7)6-13)18-11(14,15)16/h1-3H,4-6H2. The monoisotopic (exact) mass is 360 g/mol. The zero-order valence-corrected chi connectivity index (χ0v) is 12.2. The molecular formula is C11H9BrClF3OS. The van der Waals surface area contributed by atoms with E-state index in [1.54, 1.807) is 6.07 Å². The zero-order valence-electron chi connectivity index (χ0n) is 9.06. The fourth-order valence-corrected chi connectivity index (χ4v) is 2.49. The van der Waals surface area contributed by atoms with Gasteiger partial charge in [-0.25, -0.2) is 0 Å². The van der Waals surface area contributed by atoms with Crippen LogP contribution in [-0.2, 0) is 17.1 Å². The third-order valence-electron chi connectivity index (χ3n) is 2.04. The van der Waals surface area contributed by atoms with Crippen molar-refractivity contribution in [2.24, 2.45) is 0 Å². The lowest BCUT2D eigenvalue weighted by atomic mass is 10.1. The normalized spacial score (nSPS) is 11.6. The summed E-state index contributed by atoms with van der Waals surface area (Å²) in [4.78, 5) is 11.3. The van der Waals surface area contributed by atoms with Crippen LogP contribution in [0.25, 0.3) is 0 Å². The third kappa shape index (κ3) is 5.20. The van der Waals surface area contributed by atoms with E-state index in [4.69, 9.17) is 11.6 Å². The number of Topliss-reactive ketones (excluding diaryl/α,β-unsaturated/α-hetero) is 1. The van der Waals surface area contributed by atoms with E-state index in [0.29, 0.717) is 11.1 Å². The highest BCUT2D eigenvalue weighted by molar-refractivity contribution is 9.09. The zero-order chi connectivity index (χ0) is 13.8. The Bertz CT molecular complexity index is 437. The van der Waals surface area contributed by atoms with E-state index < -0.39 is 5.51 Å². The van der Waals surface area contributed by atoms with Crippen LogP contribution in [-0.4, -0.2) is 16.6 Å². The highest BCUT2D eigenvalue weighted by atomic mass is 79.9. The number of thioether (sulfide) groups is 1. The molecule has 0 aliphatic rings. The highest BCUT2D eigenvalue weighted by Gasteiger charge is 2.30. The van der Waals surface area contributed by atoms with Crippen LogP contribution < -0.4 is 0 Å². The SMILES string of the molecule is O=C(CBr)Cc1ccc(SC(F)(F)F)c(CCl)c1. The van der Waals surface area contributed by atoms with Gasteiger partial charge in [0, 0.05) is 17.2 Å². The largest absolute Gasteiger partial charge is 0.446 e. The van der Waals surface area contributed by atoms with Crippen LogP contribution >= 0.6 is 39.3 Å². The van der Waals surface area contributed by atoms with Crippen LogP contribution in [0.1, 0.15) is 11.1 Å². The highest BCUT2D eigenvalue weighted by Crippen LogP contribution is 2.39. The van der Waals surface area contributed by atoms with Crippen LogP contribution in [0.2, 0.25) is 0 Å². The van der Waals surface area contributed by atoms with Gasteiger partial charge in [-0.15, -0.1) is 11.6 Å². The van der Waals surface area contributed by atoms with Gasteiger partial charge in [0.05, 0.1) is 5.33 Å². The molecule has 0 aromatic heterocycles. The minimum Gasteiger partial charge on any atom is -0.298 e. The Morgan fingerprint density at radius 1 is 1.39 bits per heavy atom. The van der Waals surface area contributed by atoms with Gasteiger partial charge in [0.25, 0.3) is 0 Å². The molecular weight excluding hydrogens is 353 g/mol. The first-order valence-corrected chi connectivity index (χ1v) is 7.34. The van der Waals surface area contributed by atoms with Crippen molar-refractivity contribution in [2.75, 3.05) is 5.33 Å². The van der Waals surface area contributed by atoms with Crippen molar-refractivity contribution >= 4 is 45.1 Å². The lowest BCUT2D eigenvalue weighted by molar-refractivity contribution is -0.115. The molecule has 18 heavy (non-hydrogen) atoms. The number of benzene rings is 1. The second-order valence-corrected chi connectivity index (χ2v) is 5.41. The van der Waals surface area contributed by atoms with Crippen LogP contribution in [0.3, 0.4) is 0 Å². The average Bonchev–Trinajstić information content (AvgIpc) is 2.29. The van der Waals surface area contributed by atoms with E-state index in [1.165, 1.54) is 12.1 Å². The molecule has 0 saturated carbocycles. The quantitative estimate of drug-likeness (QED) is 0.565.